The summed E-state index contributed by atoms with van der Waals surface area (Å²) >= 11 is 0. The Hall–Kier alpha value is -0.930. The van der Waals surface area contributed by atoms with Gasteiger partial charge in [0, 0.05) is 24.5 Å². The molecular weight excluding hydrogens is 234 g/mol. The fraction of sp³-hybridized carbons (Fsp3) is 0.688. The molecule has 0 aromatic carbocycles. The molecule has 2 N–H and O–H groups in total. The lowest BCUT2D eigenvalue weighted by molar-refractivity contribution is 0.118. The van der Waals surface area contributed by atoms with E-state index in [1.54, 1.807) is 0 Å². The molecule has 3 heteroatoms. The largest absolute Gasteiger partial charge is 0.326 e. The molecule has 104 valence electrons. The predicted molar refractivity (Wildman–Crippen MR) is 77.7 cm³/mol. The number of hydrogen-bond donors (Lipinski definition) is 1. The minimum absolute atomic E-state index is 0.157. The first-order valence-electron chi connectivity index (χ1n) is 7.68. The number of nitrogens with zero attached hydrogens (tertiary/aromatic N) is 2. The molecule has 2 aliphatic rings. The molecule has 2 fully saturated rings. The maximum Gasteiger partial charge on any atom is 0.0514 e. The average molecular weight is 259 g/mol. The molecule has 19 heavy (non-hydrogen) atoms. The van der Waals surface area contributed by atoms with Crippen molar-refractivity contribution in [3.05, 3.63) is 30.1 Å². The van der Waals surface area contributed by atoms with Gasteiger partial charge in [0.15, 0.2) is 0 Å². The monoisotopic (exact) mass is 259 g/mol. The van der Waals surface area contributed by atoms with Crippen molar-refractivity contribution in [2.45, 2.75) is 57.2 Å². The molecule has 0 bridgehead atoms. The molecule has 3 nitrogen and oxygen atoms in total. The van der Waals surface area contributed by atoms with Crippen molar-refractivity contribution in [3.8, 4) is 0 Å². The van der Waals surface area contributed by atoms with Crippen molar-refractivity contribution in [2.24, 2.45) is 11.7 Å². The van der Waals surface area contributed by atoms with Crippen LogP contribution in [-0.2, 0) is 0 Å². The molecular formula is C16H25N3. The summed E-state index contributed by atoms with van der Waals surface area (Å²) in [5.74, 6) is 0.909. The van der Waals surface area contributed by atoms with Gasteiger partial charge in [0.1, 0.15) is 0 Å². The highest BCUT2D eigenvalue weighted by atomic mass is 15.2. The average Bonchev–Trinajstić information content (AvgIpc) is 2.84. The quantitative estimate of drug-likeness (QED) is 0.907. The van der Waals surface area contributed by atoms with Crippen LogP contribution in [0.3, 0.4) is 0 Å². The first-order valence-corrected chi connectivity index (χ1v) is 7.68. The summed E-state index contributed by atoms with van der Waals surface area (Å²) in [6.45, 7) is 3.34. The molecule has 4 unspecified atom stereocenters. The van der Waals surface area contributed by atoms with E-state index in [0.29, 0.717) is 6.04 Å². The van der Waals surface area contributed by atoms with Crippen molar-refractivity contribution in [3.63, 3.8) is 0 Å². The number of fused-ring (bicyclic) bond motifs is 1. The van der Waals surface area contributed by atoms with E-state index in [-0.39, 0.29) is 6.04 Å². The fourth-order valence-electron chi connectivity index (χ4n) is 4.14. The van der Waals surface area contributed by atoms with Crippen LogP contribution in [0, 0.1) is 5.92 Å². The summed E-state index contributed by atoms with van der Waals surface area (Å²) < 4.78 is 0. The van der Waals surface area contributed by atoms with E-state index in [1.165, 1.54) is 44.2 Å². The van der Waals surface area contributed by atoms with Crippen LogP contribution in [-0.4, -0.2) is 28.5 Å². The highest BCUT2D eigenvalue weighted by Gasteiger charge is 2.40. The van der Waals surface area contributed by atoms with Crippen LogP contribution in [0.15, 0.2) is 24.5 Å². The second kappa shape index (κ2) is 5.59. The molecule has 1 aliphatic heterocycles. The first kappa shape index (κ1) is 13.1. The van der Waals surface area contributed by atoms with Gasteiger partial charge in [-0.1, -0.05) is 18.9 Å². The Kier molecular flexibility index (Phi) is 3.85. The number of pyridine rings is 1. The molecule has 1 aliphatic carbocycles. The highest BCUT2D eigenvalue weighted by Crippen LogP contribution is 2.41. The third kappa shape index (κ3) is 2.54. The number of hydrogen-bond acceptors (Lipinski definition) is 3. The van der Waals surface area contributed by atoms with Gasteiger partial charge < -0.3 is 5.73 Å². The number of likely N-dealkylation sites (tertiary alicyclic amines) is 1. The number of rotatable bonds is 3. The molecule has 4 atom stereocenters. The van der Waals surface area contributed by atoms with E-state index in [4.69, 9.17) is 5.73 Å². The first-order chi connectivity index (χ1) is 9.27. The van der Waals surface area contributed by atoms with Gasteiger partial charge in [-0.25, -0.2) is 0 Å². The van der Waals surface area contributed by atoms with Gasteiger partial charge in [-0.05, 0) is 50.3 Å². The van der Waals surface area contributed by atoms with E-state index in [9.17, 15) is 0 Å². The Morgan fingerprint density at radius 3 is 2.89 bits per heavy atom. The van der Waals surface area contributed by atoms with Crippen LogP contribution in [0.1, 0.15) is 50.6 Å². The van der Waals surface area contributed by atoms with Crippen LogP contribution in [0.2, 0.25) is 0 Å². The molecule has 0 radical (unpaired) electrons. The maximum atomic E-state index is 6.30. The smallest absolute Gasteiger partial charge is 0.0514 e. The minimum Gasteiger partial charge on any atom is -0.326 e. The molecule has 0 amide bonds. The van der Waals surface area contributed by atoms with Gasteiger partial charge in [0.25, 0.3) is 0 Å². The molecule has 0 spiro atoms. The summed E-state index contributed by atoms with van der Waals surface area (Å²) in [6.07, 6.45) is 10.8. The normalized spacial score (nSPS) is 30.8. The van der Waals surface area contributed by atoms with E-state index in [1.807, 2.05) is 18.5 Å². The fourth-order valence-corrected chi connectivity index (χ4v) is 4.14. The van der Waals surface area contributed by atoms with E-state index in [2.05, 4.69) is 22.9 Å². The van der Waals surface area contributed by atoms with E-state index < -0.39 is 0 Å². The zero-order valence-electron chi connectivity index (χ0n) is 11.8. The number of nitrogens with two attached hydrogens (primary N) is 1. The van der Waals surface area contributed by atoms with Gasteiger partial charge >= 0.3 is 0 Å². The highest BCUT2D eigenvalue weighted by molar-refractivity contribution is 5.17. The third-order valence-corrected chi connectivity index (χ3v) is 4.93. The number of aromatic nitrogens is 1. The van der Waals surface area contributed by atoms with Crippen LogP contribution in [0.5, 0.6) is 0 Å². The predicted octanol–water partition coefficient (Wildman–Crippen LogP) is 2.73. The molecule has 2 heterocycles. The topological polar surface area (TPSA) is 42.1 Å². The Labute approximate surface area is 116 Å². The van der Waals surface area contributed by atoms with Gasteiger partial charge in [-0.15, -0.1) is 0 Å². The summed E-state index contributed by atoms with van der Waals surface area (Å²) in [4.78, 5) is 6.95. The lowest BCUT2D eigenvalue weighted by Crippen LogP contribution is -2.44. The standard InChI is InChI=1S/C16H25N3/c1-12(17)16(14-6-4-9-18-11-14)19-10-8-13-5-2-3-7-15(13)19/h4,6,9,11-13,15-16H,2-3,5,7-8,10,17H2,1H3. The Balaban J connectivity index is 1.85. The second-order valence-corrected chi connectivity index (χ2v) is 6.23. The van der Waals surface area contributed by atoms with Crippen molar-refractivity contribution in [1.82, 2.24) is 9.88 Å². The van der Waals surface area contributed by atoms with Crippen LogP contribution < -0.4 is 5.73 Å². The van der Waals surface area contributed by atoms with Crippen molar-refractivity contribution in [2.75, 3.05) is 6.54 Å². The summed E-state index contributed by atoms with van der Waals surface area (Å²) in [5.41, 5.74) is 7.58. The van der Waals surface area contributed by atoms with Gasteiger partial charge in [0.2, 0.25) is 0 Å². The van der Waals surface area contributed by atoms with E-state index in [0.717, 1.165) is 12.0 Å². The summed E-state index contributed by atoms with van der Waals surface area (Å²) in [6, 6.07) is 5.45. The molecule has 1 saturated heterocycles. The van der Waals surface area contributed by atoms with Crippen molar-refractivity contribution in [1.29, 1.82) is 0 Å². The molecule has 1 saturated carbocycles. The Morgan fingerprint density at radius 1 is 1.32 bits per heavy atom. The zero-order chi connectivity index (χ0) is 13.2. The van der Waals surface area contributed by atoms with Crippen molar-refractivity contribution < 1.29 is 0 Å². The van der Waals surface area contributed by atoms with E-state index >= 15 is 0 Å². The lowest BCUT2D eigenvalue weighted by atomic mass is 9.84. The van der Waals surface area contributed by atoms with Crippen LogP contribution in [0.4, 0.5) is 0 Å². The zero-order valence-corrected chi connectivity index (χ0v) is 11.8. The van der Waals surface area contributed by atoms with Gasteiger partial charge in [0.05, 0.1) is 6.04 Å². The summed E-state index contributed by atoms with van der Waals surface area (Å²) in [7, 11) is 0. The second-order valence-electron chi connectivity index (χ2n) is 6.23. The molecule has 1 aromatic heterocycles. The third-order valence-electron chi connectivity index (χ3n) is 4.93. The SMILES string of the molecule is CC(N)C(c1cccnc1)N1CCC2CCCCC21. The van der Waals surface area contributed by atoms with Gasteiger partial charge in [-0.3, -0.25) is 9.88 Å². The maximum absolute atomic E-state index is 6.30. The molecule has 3 rings (SSSR count). The lowest BCUT2D eigenvalue weighted by Gasteiger charge is -2.39. The Morgan fingerprint density at radius 2 is 2.16 bits per heavy atom. The van der Waals surface area contributed by atoms with Crippen LogP contribution >= 0.6 is 0 Å². The molecule has 1 aromatic rings. The Bertz CT molecular complexity index is 404. The summed E-state index contributed by atoms with van der Waals surface area (Å²) in [5, 5.41) is 0. The van der Waals surface area contributed by atoms with Crippen molar-refractivity contribution >= 4 is 0 Å². The van der Waals surface area contributed by atoms with Crippen LogP contribution in [0.25, 0.3) is 0 Å². The van der Waals surface area contributed by atoms with Gasteiger partial charge in [-0.2, -0.15) is 0 Å². The minimum atomic E-state index is 0.157.